The Morgan fingerprint density at radius 1 is 0.968 bits per heavy atom. The molecule has 8 nitrogen and oxygen atoms in total. The average Bonchev–Trinajstić information content (AvgIpc) is 3.03. The highest BCUT2D eigenvalue weighted by Crippen LogP contribution is 2.36. The summed E-state index contributed by atoms with van der Waals surface area (Å²) in [6, 6.07) is 10.8. The number of carbonyl (C=O) groups is 3. The Morgan fingerprint density at radius 3 is 2.19 bits per heavy atom. The molecule has 31 heavy (non-hydrogen) atoms. The van der Waals surface area contributed by atoms with Crippen LogP contribution in [0.2, 0.25) is 0 Å². The quantitative estimate of drug-likeness (QED) is 0.582. The molecule has 1 N–H and O–H groups in total. The molecule has 1 aliphatic rings. The van der Waals surface area contributed by atoms with Crippen LogP contribution < -0.4 is 9.64 Å². The highest BCUT2D eigenvalue weighted by molar-refractivity contribution is 6.23. The van der Waals surface area contributed by atoms with Crippen LogP contribution in [0.4, 0.5) is 5.69 Å². The fraction of sp³-hybridized carbons (Fsp3) is 0.174. The van der Waals surface area contributed by atoms with E-state index in [9.17, 15) is 19.5 Å². The minimum Gasteiger partial charge on any atom is -0.504 e. The van der Waals surface area contributed by atoms with Crippen LogP contribution in [-0.4, -0.2) is 44.3 Å². The number of ether oxygens (including phenoxy) is 3. The fourth-order valence-corrected chi connectivity index (χ4v) is 3.31. The molecular weight excluding hydrogens is 402 g/mol. The second kappa shape index (κ2) is 8.74. The van der Waals surface area contributed by atoms with E-state index in [1.807, 2.05) is 0 Å². The molecule has 0 saturated heterocycles. The van der Waals surface area contributed by atoms with Crippen LogP contribution in [0, 0.1) is 0 Å². The van der Waals surface area contributed by atoms with Gasteiger partial charge in [-0.15, -0.1) is 0 Å². The lowest BCUT2D eigenvalue weighted by atomic mass is 10.0. The average molecular weight is 423 g/mol. The third kappa shape index (κ3) is 4.00. The predicted octanol–water partition coefficient (Wildman–Crippen LogP) is 3.06. The number of anilines is 1. The van der Waals surface area contributed by atoms with E-state index in [-0.39, 0.29) is 22.6 Å². The van der Waals surface area contributed by atoms with E-state index in [1.165, 1.54) is 50.5 Å². The first-order chi connectivity index (χ1) is 14.8. The molecule has 2 aromatic rings. The molecule has 0 fully saturated rings. The van der Waals surface area contributed by atoms with Gasteiger partial charge in [0.05, 0.1) is 38.0 Å². The molecule has 1 aliphatic heterocycles. The number of methoxy groups -OCH3 is 3. The van der Waals surface area contributed by atoms with E-state index < -0.39 is 17.8 Å². The van der Waals surface area contributed by atoms with Crippen LogP contribution in [0.5, 0.6) is 11.5 Å². The van der Waals surface area contributed by atoms with E-state index in [0.717, 1.165) is 0 Å². The normalized spacial score (nSPS) is 14.8. The Bertz CT molecular complexity index is 1110. The van der Waals surface area contributed by atoms with Crippen molar-refractivity contribution in [3.05, 3.63) is 70.4 Å². The first-order valence-electron chi connectivity index (χ1n) is 9.23. The van der Waals surface area contributed by atoms with Gasteiger partial charge in [0.15, 0.2) is 11.5 Å². The maximum atomic E-state index is 13.3. The van der Waals surface area contributed by atoms with E-state index in [1.54, 1.807) is 31.2 Å². The van der Waals surface area contributed by atoms with Crippen LogP contribution in [0.1, 0.15) is 22.8 Å². The first-order valence-corrected chi connectivity index (χ1v) is 9.23. The van der Waals surface area contributed by atoms with Gasteiger partial charge in [0.25, 0.3) is 5.91 Å². The van der Waals surface area contributed by atoms with Crippen molar-refractivity contribution < 1.29 is 33.7 Å². The van der Waals surface area contributed by atoms with Gasteiger partial charge in [0.2, 0.25) is 0 Å². The SMILES string of the molecule is COC(=O)C1=C(C)N(c2ccc(C(=O)OC)cc2)C(=O)/C1=C\c1ccc(O)c(OC)c1. The molecule has 0 aliphatic carbocycles. The number of amides is 1. The van der Waals surface area contributed by atoms with E-state index in [2.05, 4.69) is 0 Å². The number of phenols is 1. The number of aromatic hydroxyl groups is 1. The second-order valence-corrected chi connectivity index (χ2v) is 6.62. The van der Waals surface area contributed by atoms with Crippen LogP contribution in [0.25, 0.3) is 6.08 Å². The van der Waals surface area contributed by atoms with Crippen molar-refractivity contribution in [2.45, 2.75) is 6.92 Å². The van der Waals surface area contributed by atoms with E-state index >= 15 is 0 Å². The topological polar surface area (TPSA) is 102 Å². The lowest BCUT2D eigenvalue weighted by Crippen LogP contribution is -2.24. The molecule has 0 bridgehead atoms. The Morgan fingerprint density at radius 2 is 1.61 bits per heavy atom. The molecule has 1 amide bonds. The summed E-state index contributed by atoms with van der Waals surface area (Å²) in [5.74, 6) is -1.40. The molecule has 0 aromatic heterocycles. The van der Waals surface area contributed by atoms with Gasteiger partial charge in [-0.2, -0.15) is 0 Å². The number of hydrogen-bond acceptors (Lipinski definition) is 7. The van der Waals surface area contributed by atoms with Crippen LogP contribution >= 0.6 is 0 Å². The second-order valence-electron chi connectivity index (χ2n) is 6.62. The lowest BCUT2D eigenvalue weighted by Gasteiger charge is -2.18. The Hall–Kier alpha value is -4.07. The minimum absolute atomic E-state index is 0.0466. The van der Waals surface area contributed by atoms with E-state index in [0.29, 0.717) is 22.5 Å². The van der Waals surface area contributed by atoms with Crippen molar-refractivity contribution in [2.75, 3.05) is 26.2 Å². The third-order valence-corrected chi connectivity index (χ3v) is 4.85. The van der Waals surface area contributed by atoms with Gasteiger partial charge in [0.1, 0.15) is 0 Å². The number of hydrogen-bond donors (Lipinski definition) is 1. The van der Waals surface area contributed by atoms with Crippen molar-refractivity contribution in [3.63, 3.8) is 0 Å². The molecule has 0 unspecified atom stereocenters. The highest BCUT2D eigenvalue weighted by Gasteiger charge is 2.38. The maximum absolute atomic E-state index is 13.3. The zero-order chi connectivity index (χ0) is 22.7. The number of esters is 2. The summed E-state index contributed by atoms with van der Waals surface area (Å²) in [6.45, 7) is 1.64. The Labute approximate surface area is 178 Å². The predicted molar refractivity (Wildman–Crippen MR) is 113 cm³/mol. The molecule has 0 radical (unpaired) electrons. The maximum Gasteiger partial charge on any atom is 0.340 e. The number of nitrogens with zero attached hydrogens (tertiary/aromatic N) is 1. The lowest BCUT2D eigenvalue weighted by molar-refractivity contribution is -0.136. The summed E-state index contributed by atoms with van der Waals surface area (Å²) in [5.41, 5.74) is 2.00. The molecule has 3 rings (SSSR count). The van der Waals surface area contributed by atoms with Crippen LogP contribution in [0.15, 0.2) is 59.3 Å². The summed E-state index contributed by atoms with van der Waals surface area (Å²) < 4.78 is 14.7. The van der Waals surface area contributed by atoms with Crippen molar-refractivity contribution in [3.8, 4) is 11.5 Å². The monoisotopic (exact) mass is 423 g/mol. The van der Waals surface area contributed by atoms with Gasteiger partial charge >= 0.3 is 11.9 Å². The van der Waals surface area contributed by atoms with Gasteiger partial charge in [0, 0.05) is 11.4 Å². The smallest absolute Gasteiger partial charge is 0.340 e. The Kier molecular flexibility index (Phi) is 6.10. The number of phenolic OH excluding ortho intramolecular Hbond substituents is 1. The molecular formula is C23H21NO7. The highest BCUT2D eigenvalue weighted by atomic mass is 16.5. The fourth-order valence-electron chi connectivity index (χ4n) is 3.31. The van der Waals surface area contributed by atoms with Crippen LogP contribution in [-0.2, 0) is 19.1 Å². The zero-order valence-electron chi connectivity index (χ0n) is 17.5. The molecule has 0 saturated carbocycles. The molecule has 2 aromatic carbocycles. The standard InChI is InChI=1S/C23H21NO7/c1-13-20(23(28)31-4)17(11-14-5-10-18(25)19(12-14)29-2)21(26)24(13)16-8-6-15(7-9-16)22(27)30-3/h5-12,25H,1-4H3/b17-11-. The molecule has 1 heterocycles. The largest absolute Gasteiger partial charge is 0.504 e. The minimum atomic E-state index is -0.656. The molecule has 0 atom stereocenters. The first kappa shape index (κ1) is 21.6. The number of benzene rings is 2. The van der Waals surface area contributed by atoms with Gasteiger partial charge in [-0.1, -0.05) is 6.07 Å². The summed E-state index contributed by atoms with van der Waals surface area (Å²) in [6.07, 6.45) is 1.53. The van der Waals surface area contributed by atoms with Crippen molar-refractivity contribution in [1.29, 1.82) is 0 Å². The molecule has 0 spiro atoms. The van der Waals surface area contributed by atoms with E-state index in [4.69, 9.17) is 14.2 Å². The molecule has 160 valence electrons. The van der Waals surface area contributed by atoms with Crippen molar-refractivity contribution in [2.24, 2.45) is 0 Å². The summed E-state index contributed by atoms with van der Waals surface area (Å²) >= 11 is 0. The summed E-state index contributed by atoms with van der Waals surface area (Å²) in [7, 11) is 3.93. The zero-order valence-corrected chi connectivity index (χ0v) is 17.5. The number of carbonyl (C=O) groups excluding carboxylic acids is 3. The van der Waals surface area contributed by atoms with Gasteiger partial charge < -0.3 is 19.3 Å². The van der Waals surface area contributed by atoms with Gasteiger partial charge in [-0.25, -0.2) is 9.59 Å². The van der Waals surface area contributed by atoms with Crippen molar-refractivity contribution in [1.82, 2.24) is 0 Å². The van der Waals surface area contributed by atoms with Crippen LogP contribution in [0.3, 0.4) is 0 Å². The summed E-state index contributed by atoms with van der Waals surface area (Å²) in [4.78, 5) is 38.8. The third-order valence-electron chi connectivity index (χ3n) is 4.85. The molecule has 8 heteroatoms. The number of rotatable bonds is 5. The summed E-state index contributed by atoms with van der Waals surface area (Å²) in [5, 5.41) is 9.80. The Balaban J connectivity index is 2.08. The van der Waals surface area contributed by atoms with Gasteiger partial charge in [-0.05, 0) is 55.0 Å². The van der Waals surface area contributed by atoms with Gasteiger partial charge in [-0.3, -0.25) is 9.69 Å². The van der Waals surface area contributed by atoms with Crippen molar-refractivity contribution >= 4 is 29.6 Å². The number of allylic oxidation sites excluding steroid dienone is 1.